The number of hydrogen-bond acceptors (Lipinski definition) is 4. The molecular weight excluding hydrogens is 327 g/mol. The third kappa shape index (κ3) is 2.70. The zero-order valence-corrected chi connectivity index (χ0v) is 12.9. The van der Waals surface area contributed by atoms with Gasteiger partial charge in [-0.15, -0.1) is 5.10 Å². The highest BCUT2D eigenvalue weighted by atomic mass is 35.5. The van der Waals surface area contributed by atoms with Crippen LogP contribution in [0.2, 0.25) is 10.2 Å². The number of rotatable bonds is 3. The largest absolute Gasteiger partial charge is 0.495 e. The Balaban J connectivity index is 2.26. The molecule has 112 valence electrons. The normalized spacial score (nSPS) is 10.7. The van der Waals surface area contributed by atoms with Crippen molar-refractivity contribution in [2.45, 2.75) is 0 Å². The highest BCUT2D eigenvalue weighted by Crippen LogP contribution is 2.29. The van der Waals surface area contributed by atoms with Crippen molar-refractivity contribution in [1.82, 2.24) is 20.0 Å². The first-order valence-corrected chi connectivity index (χ1v) is 6.99. The van der Waals surface area contributed by atoms with Crippen LogP contribution in [-0.2, 0) is 0 Å². The lowest BCUT2D eigenvalue weighted by Gasteiger charge is -2.10. The maximum Gasteiger partial charge on any atom is 0.256 e. The van der Waals surface area contributed by atoms with Crippen LogP contribution in [0, 0.1) is 0 Å². The second kappa shape index (κ2) is 5.82. The summed E-state index contributed by atoms with van der Waals surface area (Å²) in [5, 5.41) is 8.41. The van der Waals surface area contributed by atoms with Crippen molar-refractivity contribution in [3.63, 3.8) is 0 Å². The molecule has 0 saturated carbocycles. The van der Waals surface area contributed by atoms with Crippen LogP contribution in [0.15, 0.2) is 41.5 Å². The summed E-state index contributed by atoms with van der Waals surface area (Å²) in [6.45, 7) is 0. The molecule has 0 radical (unpaired) electrons. The number of hydrogen-bond donors (Lipinski definition) is 1. The van der Waals surface area contributed by atoms with Crippen LogP contribution in [0.1, 0.15) is 0 Å². The molecule has 0 aliphatic rings. The van der Waals surface area contributed by atoms with Gasteiger partial charge in [0, 0.05) is 16.8 Å². The summed E-state index contributed by atoms with van der Waals surface area (Å²) in [5.74, 6) is 0.525. The molecule has 0 spiro atoms. The van der Waals surface area contributed by atoms with Crippen LogP contribution in [0.25, 0.3) is 16.8 Å². The number of benzene rings is 1. The van der Waals surface area contributed by atoms with E-state index < -0.39 is 0 Å². The van der Waals surface area contributed by atoms with Gasteiger partial charge in [-0.05, 0) is 24.3 Å². The number of pyridine rings is 1. The molecule has 0 aliphatic carbocycles. The van der Waals surface area contributed by atoms with E-state index in [9.17, 15) is 4.79 Å². The monoisotopic (exact) mass is 336 g/mol. The van der Waals surface area contributed by atoms with Crippen LogP contribution in [0.4, 0.5) is 0 Å². The minimum Gasteiger partial charge on any atom is -0.495 e. The lowest BCUT2D eigenvalue weighted by Crippen LogP contribution is -2.10. The lowest BCUT2D eigenvalue weighted by atomic mass is 10.1. The minimum absolute atomic E-state index is 0.250. The van der Waals surface area contributed by atoms with Crippen LogP contribution in [0.5, 0.6) is 5.75 Å². The highest BCUT2D eigenvalue weighted by Gasteiger charge is 2.14. The Morgan fingerprint density at radius 3 is 2.73 bits per heavy atom. The van der Waals surface area contributed by atoms with Crippen molar-refractivity contribution in [3.05, 3.63) is 57.2 Å². The highest BCUT2D eigenvalue weighted by molar-refractivity contribution is 6.31. The summed E-state index contributed by atoms with van der Waals surface area (Å²) in [5.41, 5.74) is 1.36. The van der Waals surface area contributed by atoms with E-state index >= 15 is 0 Å². The molecule has 0 fully saturated rings. The van der Waals surface area contributed by atoms with Crippen LogP contribution in [0.3, 0.4) is 0 Å². The Labute approximate surface area is 135 Å². The molecule has 0 saturated heterocycles. The maximum atomic E-state index is 12.2. The fourth-order valence-corrected chi connectivity index (χ4v) is 2.37. The first-order valence-electron chi connectivity index (χ1n) is 6.23. The van der Waals surface area contributed by atoms with Gasteiger partial charge < -0.3 is 9.72 Å². The molecule has 8 heteroatoms. The standard InChI is InChI=1S/C14H10Cl2N4O2/c1-22-9-5-11(14(21)17-6-9)10-4-8(15)2-3-12(10)20-7-13(16)18-19-20/h2-7H,1H3,(H,17,21). The predicted molar refractivity (Wildman–Crippen MR) is 84.0 cm³/mol. The van der Waals surface area contributed by atoms with Crippen molar-refractivity contribution in [2.75, 3.05) is 7.11 Å². The van der Waals surface area contributed by atoms with Gasteiger partial charge in [0.05, 0.1) is 24.6 Å². The van der Waals surface area contributed by atoms with E-state index in [1.54, 1.807) is 30.5 Å². The Bertz CT molecular complexity index is 889. The number of methoxy groups -OCH3 is 1. The molecule has 22 heavy (non-hydrogen) atoms. The van der Waals surface area contributed by atoms with Gasteiger partial charge in [-0.1, -0.05) is 28.4 Å². The number of aromatic nitrogens is 4. The van der Waals surface area contributed by atoms with Crippen molar-refractivity contribution in [1.29, 1.82) is 0 Å². The fraction of sp³-hybridized carbons (Fsp3) is 0.0714. The number of H-pyrrole nitrogens is 1. The van der Waals surface area contributed by atoms with Crippen molar-refractivity contribution >= 4 is 23.2 Å². The molecule has 0 atom stereocenters. The summed E-state index contributed by atoms with van der Waals surface area (Å²) in [7, 11) is 1.52. The first kappa shape index (κ1) is 14.6. The minimum atomic E-state index is -0.268. The van der Waals surface area contributed by atoms with Crippen LogP contribution in [-0.4, -0.2) is 27.1 Å². The van der Waals surface area contributed by atoms with Gasteiger partial charge in [0.25, 0.3) is 5.56 Å². The van der Waals surface area contributed by atoms with Gasteiger partial charge in [-0.2, -0.15) is 0 Å². The molecular formula is C14H10Cl2N4O2. The third-order valence-corrected chi connectivity index (χ3v) is 3.48. The topological polar surface area (TPSA) is 72.8 Å². The van der Waals surface area contributed by atoms with Gasteiger partial charge in [-0.3, -0.25) is 4.79 Å². The molecule has 3 rings (SSSR count). The smallest absolute Gasteiger partial charge is 0.256 e. The fourth-order valence-electron chi connectivity index (χ4n) is 2.07. The summed E-state index contributed by atoms with van der Waals surface area (Å²) in [6, 6.07) is 6.74. The second-order valence-corrected chi connectivity index (χ2v) is 5.25. The molecule has 1 aromatic carbocycles. The van der Waals surface area contributed by atoms with E-state index in [1.165, 1.54) is 18.0 Å². The van der Waals surface area contributed by atoms with E-state index in [0.717, 1.165) is 0 Å². The van der Waals surface area contributed by atoms with E-state index in [2.05, 4.69) is 15.3 Å². The molecule has 0 amide bonds. The number of aromatic amines is 1. The lowest BCUT2D eigenvalue weighted by molar-refractivity contribution is 0.413. The van der Waals surface area contributed by atoms with E-state index in [-0.39, 0.29) is 10.7 Å². The second-order valence-electron chi connectivity index (χ2n) is 4.43. The number of nitrogens with one attached hydrogen (secondary N) is 1. The number of halogens is 2. The third-order valence-electron chi connectivity index (χ3n) is 3.07. The Hall–Kier alpha value is -2.31. The van der Waals surface area contributed by atoms with E-state index in [1.807, 2.05) is 0 Å². The average molecular weight is 337 g/mol. The van der Waals surface area contributed by atoms with Gasteiger partial charge in [0.1, 0.15) is 5.75 Å². The van der Waals surface area contributed by atoms with Gasteiger partial charge in [-0.25, -0.2) is 4.68 Å². The number of nitrogens with zero attached hydrogens (tertiary/aromatic N) is 3. The molecule has 0 bridgehead atoms. The quantitative estimate of drug-likeness (QED) is 0.798. The average Bonchev–Trinajstić information content (AvgIpc) is 2.94. The summed E-state index contributed by atoms with van der Waals surface area (Å²) in [4.78, 5) is 14.8. The zero-order valence-electron chi connectivity index (χ0n) is 11.4. The van der Waals surface area contributed by atoms with Gasteiger partial charge in [0.15, 0.2) is 5.15 Å². The zero-order chi connectivity index (χ0) is 15.7. The molecule has 2 heterocycles. The molecule has 1 N–H and O–H groups in total. The summed E-state index contributed by atoms with van der Waals surface area (Å²) < 4.78 is 6.63. The molecule has 3 aromatic rings. The van der Waals surface area contributed by atoms with Crippen LogP contribution < -0.4 is 10.3 Å². The van der Waals surface area contributed by atoms with Crippen LogP contribution >= 0.6 is 23.2 Å². The Kier molecular flexibility index (Phi) is 3.87. The SMILES string of the molecule is COc1c[nH]c(=O)c(-c2cc(Cl)ccc2-n2cc(Cl)nn2)c1. The summed E-state index contributed by atoms with van der Waals surface area (Å²) >= 11 is 11.9. The van der Waals surface area contributed by atoms with Crippen molar-refractivity contribution in [3.8, 4) is 22.6 Å². The maximum absolute atomic E-state index is 12.2. The van der Waals surface area contributed by atoms with E-state index in [0.29, 0.717) is 27.6 Å². The summed E-state index contributed by atoms with van der Waals surface area (Å²) in [6.07, 6.45) is 3.03. The Morgan fingerprint density at radius 2 is 2.05 bits per heavy atom. The predicted octanol–water partition coefficient (Wildman–Crippen LogP) is 2.94. The Morgan fingerprint density at radius 1 is 1.23 bits per heavy atom. The van der Waals surface area contributed by atoms with Crippen molar-refractivity contribution in [2.24, 2.45) is 0 Å². The molecule has 0 unspecified atom stereocenters. The number of ether oxygens (including phenoxy) is 1. The molecule has 6 nitrogen and oxygen atoms in total. The molecule has 0 aliphatic heterocycles. The molecule has 2 aromatic heterocycles. The van der Waals surface area contributed by atoms with Gasteiger partial charge in [0.2, 0.25) is 0 Å². The first-order chi connectivity index (χ1) is 10.6. The van der Waals surface area contributed by atoms with E-state index in [4.69, 9.17) is 27.9 Å². The van der Waals surface area contributed by atoms with Gasteiger partial charge >= 0.3 is 0 Å². The van der Waals surface area contributed by atoms with Crippen molar-refractivity contribution < 1.29 is 4.74 Å².